The van der Waals surface area contributed by atoms with Crippen LogP contribution >= 0.6 is 36.2 Å². The predicted molar refractivity (Wildman–Crippen MR) is 105 cm³/mol. The minimum absolute atomic E-state index is 0. The van der Waals surface area contributed by atoms with E-state index in [4.69, 9.17) is 28.6 Å². The summed E-state index contributed by atoms with van der Waals surface area (Å²) in [5.41, 5.74) is 1.50. The molecule has 0 radical (unpaired) electrons. The van der Waals surface area contributed by atoms with E-state index < -0.39 is 0 Å². The number of benzene rings is 2. The lowest BCUT2D eigenvalue weighted by Crippen LogP contribution is -2.24. The number of ether oxygens (including phenoxy) is 1. The number of hydrogen-bond acceptors (Lipinski definition) is 3. The number of ketones is 1. The maximum absolute atomic E-state index is 12.1. The zero-order valence-corrected chi connectivity index (χ0v) is 15.6. The first-order valence-electron chi connectivity index (χ1n) is 6.93. The standard InChI is InChI=1S/C18H16ClNO2S.ClH/c1-20(2)18(23)22-16-10-6-14(7-11-16)17(21)12-5-13-3-8-15(19)9-4-13;/h3-12H,1-2H3;1H. The summed E-state index contributed by atoms with van der Waals surface area (Å²) in [7, 11) is 3.61. The van der Waals surface area contributed by atoms with Crippen molar-refractivity contribution < 1.29 is 9.53 Å². The molecule has 0 spiro atoms. The average molecular weight is 382 g/mol. The molecule has 2 aromatic rings. The molecule has 0 unspecified atom stereocenters. The van der Waals surface area contributed by atoms with Crippen molar-refractivity contribution in [3.8, 4) is 5.75 Å². The number of thiocarbonyl (C=S) groups is 1. The molecule has 0 amide bonds. The van der Waals surface area contributed by atoms with Gasteiger partial charge in [-0.1, -0.05) is 29.8 Å². The largest absolute Gasteiger partial charge is 0.432 e. The third kappa shape index (κ3) is 5.96. The van der Waals surface area contributed by atoms with Crippen LogP contribution in [0.1, 0.15) is 15.9 Å². The van der Waals surface area contributed by atoms with E-state index in [1.54, 1.807) is 47.4 Å². The summed E-state index contributed by atoms with van der Waals surface area (Å²) >= 11 is 10.9. The number of carbonyl (C=O) groups is 1. The van der Waals surface area contributed by atoms with Gasteiger partial charge in [-0.15, -0.1) is 12.4 Å². The maximum atomic E-state index is 12.1. The topological polar surface area (TPSA) is 29.5 Å². The van der Waals surface area contributed by atoms with Crippen LogP contribution in [0, 0.1) is 0 Å². The van der Waals surface area contributed by atoms with Crippen molar-refractivity contribution in [2.45, 2.75) is 0 Å². The lowest BCUT2D eigenvalue weighted by molar-refractivity contribution is 0.104. The highest BCUT2D eigenvalue weighted by atomic mass is 35.5. The first-order valence-corrected chi connectivity index (χ1v) is 7.71. The van der Waals surface area contributed by atoms with Crippen LogP contribution in [0.4, 0.5) is 0 Å². The van der Waals surface area contributed by atoms with E-state index in [1.165, 1.54) is 6.08 Å². The van der Waals surface area contributed by atoms with Crippen LogP contribution < -0.4 is 4.74 Å². The Balaban J connectivity index is 0.00000288. The number of hydrogen-bond donors (Lipinski definition) is 0. The first kappa shape index (κ1) is 20.2. The highest BCUT2D eigenvalue weighted by Gasteiger charge is 2.05. The second kappa shape index (κ2) is 9.42. The van der Waals surface area contributed by atoms with Crippen LogP contribution in [-0.4, -0.2) is 30.0 Å². The Morgan fingerprint density at radius 2 is 1.67 bits per heavy atom. The van der Waals surface area contributed by atoms with Gasteiger partial charge in [-0.2, -0.15) is 0 Å². The molecule has 126 valence electrons. The summed E-state index contributed by atoms with van der Waals surface area (Å²) in [6.45, 7) is 0. The van der Waals surface area contributed by atoms with E-state index in [9.17, 15) is 4.79 Å². The zero-order chi connectivity index (χ0) is 16.8. The van der Waals surface area contributed by atoms with Gasteiger partial charge < -0.3 is 9.64 Å². The van der Waals surface area contributed by atoms with E-state index in [-0.39, 0.29) is 18.2 Å². The molecular formula is C18H17Cl2NO2S. The molecule has 24 heavy (non-hydrogen) atoms. The van der Waals surface area contributed by atoms with Crippen molar-refractivity contribution in [1.29, 1.82) is 0 Å². The van der Waals surface area contributed by atoms with Crippen LogP contribution in [0.25, 0.3) is 6.08 Å². The Bertz CT molecular complexity index is 726. The highest BCUT2D eigenvalue weighted by molar-refractivity contribution is 7.80. The second-order valence-electron chi connectivity index (χ2n) is 5.04. The molecule has 0 aliphatic heterocycles. The molecule has 0 saturated heterocycles. The summed E-state index contributed by atoms with van der Waals surface area (Å²) in [6.07, 6.45) is 3.29. The first-order chi connectivity index (χ1) is 11.0. The fraction of sp³-hybridized carbons (Fsp3) is 0.111. The van der Waals surface area contributed by atoms with Gasteiger partial charge in [0.05, 0.1) is 0 Å². The van der Waals surface area contributed by atoms with E-state index in [2.05, 4.69) is 0 Å². The lowest BCUT2D eigenvalue weighted by atomic mass is 10.1. The number of rotatable bonds is 4. The Labute approximate surface area is 158 Å². The fourth-order valence-electron chi connectivity index (χ4n) is 1.72. The number of carbonyl (C=O) groups excluding carboxylic acids is 1. The molecule has 0 bridgehead atoms. The Morgan fingerprint density at radius 1 is 1.08 bits per heavy atom. The summed E-state index contributed by atoms with van der Waals surface area (Å²) in [5.74, 6) is 0.517. The number of nitrogens with zero attached hydrogens (tertiary/aromatic N) is 1. The Kier molecular flexibility index (Phi) is 7.92. The van der Waals surface area contributed by atoms with Gasteiger partial charge in [-0.3, -0.25) is 4.79 Å². The molecule has 2 rings (SSSR count). The van der Waals surface area contributed by atoms with Gasteiger partial charge in [0.15, 0.2) is 5.78 Å². The minimum atomic E-state index is -0.0818. The monoisotopic (exact) mass is 381 g/mol. The predicted octanol–water partition coefficient (Wildman–Crippen LogP) is 4.88. The van der Waals surface area contributed by atoms with Crippen molar-refractivity contribution in [2.24, 2.45) is 0 Å². The van der Waals surface area contributed by atoms with Gasteiger partial charge in [0.1, 0.15) is 5.75 Å². The van der Waals surface area contributed by atoms with Gasteiger partial charge in [0, 0.05) is 24.7 Å². The fourth-order valence-corrected chi connectivity index (χ4v) is 1.94. The van der Waals surface area contributed by atoms with Gasteiger partial charge in [-0.05, 0) is 60.3 Å². The third-order valence-electron chi connectivity index (χ3n) is 3.01. The summed E-state index contributed by atoms with van der Waals surface area (Å²) in [5, 5.41) is 1.03. The van der Waals surface area contributed by atoms with E-state index in [1.807, 2.05) is 26.2 Å². The van der Waals surface area contributed by atoms with Crippen LogP contribution in [0.3, 0.4) is 0 Å². The molecule has 3 nitrogen and oxygen atoms in total. The summed E-state index contributed by atoms with van der Waals surface area (Å²) in [6, 6.07) is 14.1. The van der Waals surface area contributed by atoms with Gasteiger partial charge in [-0.25, -0.2) is 0 Å². The summed E-state index contributed by atoms with van der Waals surface area (Å²) < 4.78 is 5.47. The third-order valence-corrected chi connectivity index (χ3v) is 3.71. The van der Waals surface area contributed by atoms with Crippen LogP contribution in [0.5, 0.6) is 5.75 Å². The maximum Gasteiger partial charge on any atom is 0.264 e. The van der Waals surface area contributed by atoms with Crippen LogP contribution in [0.2, 0.25) is 5.02 Å². The average Bonchev–Trinajstić information content (AvgIpc) is 2.54. The van der Waals surface area contributed by atoms with Crippen molar-refractivity contribution in [1.82, 2.24) is 4.90 Å². The molecule has 2 aromatic carbocycles. The quantitative estimate of drug-likeness (QED) is 0.428. The normalized spacial score (nSPS) is 10.1. The van der Waals surface area contributed by atoms with E-state index >= 15 is 0 Å². The van der Waals surface area contributed by atoms with E-state index in [0.717, 1.165) is 5.56 Å². The number of allylic oxidation sites excluding steroid dienone is 1. The van der Waals surface area contributed by atoms with Crippen molar-refractivity contribution in [3.05, 3.63) is 70.8 Å². The molecule has 0 aliphatic carbocycles. The van der Waals surface area contributed by atoms with Gasteiger partial charge in [0.2, 0.25) is 0 Å². The molecule has 0 saturated carbocycles. The SMILES string of the molecule is CN(C)C(=S)Oc1ccc(C(=O)C=Cc2ccc(Cl)cc2)cc1.Cl. The molecule has 6 heteroatoms. The molecule has 0 N–H and O–H groups in total. The smallest absolute Gasteiger partial charge is 0.264 e. The molecule has 0 heterocycles. The van der Waals surface area contributed by atoms with Gasteiger partial charge in [0.25, 0.3) is 5.17 Å². The van der Waals surface area contributed by atoms with Crippen LogP contribution in [0.15, 0.2) is 54.6 Å². The Morgan fingerprint density at radius 3 is 2.21 bits per heavy atom. The zero-order valence-electron chi connectivity index (χ0n) is 13.2. The molecule has 0 aliphatic rings. The van der Waals surface area contributed by atoms with Crippen molar-refractivity contribution in [3.63, 3.8) is 0 Å². The molecule has 0 aromatic heterocycles. The second-order valence-corrected chi connectivity index (χ2v) is 5.82. The summed E-state index contributed by atoms with van der Waals surface area (Å²) in [4.78, 5) is 13.8. The lowest BCUT2D eigenvalue weighted by Gasteiger charge is -2.13. The van der Waals surface area contributed by atoms with Crippen molar-refractivity contribution in [2.75, 3.05) is 14.1 Å². The minimum Gasteiger partial charge on any atom is -0.432 e. The molecule has 0 atom stereocenters. The number of halogens is 2. The molecular weight excluding hydrogens is 365 g/mol. The van der Waals surface area contributed by atoms with Crippen LogP contribution in [-0.2, 0) is 0 Å². The Hall–Kier alpha value is -1.88. The highest BCUT2D eigenvalue weighted by Crippen LogP contribution is 2.15. The van der Waals surface area contributed by atoms with E-state index in [0.29, 0.717) is 21.5 Å². The molecule has 0 fully saturated rings. The van der Waals surface area contributed by atoms with Gasteiger partial charge >= 0.3 is 0 Å². The van der Waals surface area contributed by atoms with Crippen molar-refractivity contribution >= 4 is 53.3 Å².